The predicted molar refractivity (Wildman–Crippen MR) is 71.6 cm³/mol. The first-order valence-corrected chi connectivity index (χ1v) is 6.51. The summed E-state index contributed by atoms with van der Waals surface area (Å²) in [5, 5.41) is 9.96. The molecule has 1 rings (SSSR count). The van der Waals surface area contributed by atoms with Crippen molar-refractivity contribution in [3.63, 3.8) is 0 Å². The van der Waals surface area contributed by atoms with Crippen LogP contribution in [-0.4, -0.2) is 17.0 Å². The van der Waals surface area contributed by atoms with Gasteiger partial charge in [-0.2, -0.15) is 0 Å². The molecule has 0 aromatic rings. The van der Waals surface area contributed by atoms with Crippen LogP contribution < -0.4 is 0 Å². The summed E-state index contributed by atoms with van der Waals surface area (Å²) in [7, 11) is 0. The van der Waals surface area contributed by atoms with Gasteiger partial charge in [-0.1, -0.05) is 37.6 Å². The predicted octanol–water partition coefficient (Wildman–Crippen LogP) is 3.67. The maximum atomic E-state index is 9.96. The highest BCUT2D eigenvalue weighted by Crippen LogP contribution is 2.24. The Morgan fingerprint density at radius 2 is 2.12 bits per heavy atom. The van der Waals surface area contributed by atoms with Gasteiger partial charge in [0.05, 0.1) is 5.60 Å². The first-order valence-electron chi connectivity index (χ1n) is 6.51. The Balaban J connectivity index is 2.44. The first-order chi connectivity index (χ1) is 7.78. The van der Waals surface area contributed by atoms with E-state index in [1.807, 2.05) is 27.7 Å². The largest absolute Gasteiger partial charge is 0.368 e. The van der Waals surface area contributed by atoms with Crippen molar-refractivity contribution >= 4 is 0 Å². The van der Waals surface area contributed by atoms with Crippen LogP contribution in [0.15, 0.2) is 23.8 Å². The van der Waals surface area contributed by atoms with Gasteiger partial charge in [0, 0.05) is 5.92 Å². The van der Waals surface area contributed by atoms with Crippen molar-refractivity contribution in [1.29, 1.82) is 0 Å². The Morgan fingerprint density at radius 3 is 2.59 bits per heavy atom. The van der Waals surface area contributed by atoms with Crippen LogP contribution in [0.4, 0.5) is 0 Å². The highest BCUT2D eigenvalue weighted by Gasteiger charge is 2.22. The smallest absolute Gasteiger partial charge is 0.158 e. The second-order valence-corrected chi connectivity index (χ2v) is 6.15. The number of rotatable bonds is 4. The van der Waals surface area contributed by atoms with Gasteiger partial charge in [0.15, 0.2) is 6.29 Å². The van der Waals surface area contributed by atoms with Gasteiger partial charge in [-0.05, 0) is 39.5 Å². The maximum absolute atomic E-state index is 9.96. The van der Waals surface area contributed by atoms with Gasteiger partial charge in [-0.3, -0.25) is 0 Å². The van der Waals surface area contributed by atoms with Crippen molar-refractivity contribution in [2.24, 2.45) is 11.8 Å². The van der Waals surface area contributed by atoms with Crippen molar-refractivity contribution in [2.75, 3.05) is 0 Å². The number of hydrogen-bond acceptors (Lipinski definition) is 2. The molecule has 0 spiro atoms. The van der Waals surface area contributed by atoms with Crippen molar-refractivity contribution < 1.29 is 9.84 Å². The summed E-state index contributed by atoms with van der Waals surface area (Å²) in [4.78, 5) is 0. The summed E-state index contributed by atoms with van der Waals surface area (Å²) >= 11 is 0. The second kappa shape index (κ2) is 5.83. The average molecular weight is 238 g/mol. The van der Waals surface area contributed by atoms with Crippen LogP contribution in [0, 0.1) is 11.8 Å². The molecule has 0 saturated heterocycles. The van der Waals surface area contributed by atoms with Gasteiger partial charge >= 0.3 is 0 Å². The van der Waals surface area contributed by atoms with Gasteiger partial charge in [0.25, 0.3) is 0 Å². The van der Waals surface area contributed by atoms with E-state index in [-0.39, 0.29) is 11.5 Å². The van der Waals surface area contributed by atoms with Crippen LogP contribution in [0.1, 0.15) is 47.5 Å². The van der Waals surface area contributed by atoms with E-state index in [1.54, 1.807) is 0 Å². The van der Waals surface area contributed by atoms with Gasteiger partial charge in [0.2, 0.25) is 0 Å². The molecule has 2 nitrogen and oxygen atoms in total. The quantitative estimate of drug-likeness (QED) is 0.757. The van der Waals surface area contributed by atoms with Crippen molar-refractivity contribution in [2.45, 2.75) is 59.4 Å². The lowest BCUT2D eigenvalue weighted by molar-refractivity contribution is -0.188. The van der Waals surface area contributed by atoms with E-state index in [2.05, 4.69) is 25.2 Å². The fourth-order valence-corrected chi connectivity index (χ4v) is 1.87. The third-order valence-electron chi connectivity index (χ3n) is 2.91. The molecule has 1 aliphatic carbocycles. The van der Waals surface area contributed by atoms with E-state index in [0.29, 0.717) is 5.92 Å². The summed E-state index contributed by atoms with van der Waals surface area (Å²) in [6.07, 6.45) is 7.97. The van der Waals surface area contributed by atoms with Crippen LogP contribution >= 0.6 is 0 Å². The molecule has 0 radical (unpaired) electrons. The van der Waals surface area contributed by atoms with Crippen molar-refractivity contribution in [3.8, 4) is 0 Å². The van der Waals surface area contributed by atoms with Crippen molar-refractivity contribution in [3.05, 3.63) is 23.8 Å². The van der Waals surface area contributed by atoms with Crippen LogP contribution in [-0.2, 0) is 4.74 Å². The van der Waals surface area contributed by atoms with E-state index in [0.717, 1.165) is 12.8 Å². The zero-order valence-electron chi connectivity index (χ0n) is 11.7. The minimum absolute atomic E-state index is 0.124. The zero-order valence-corrected chi connectivity index (χ0v) is 11.7. The Kier molecular flexibility index (Phi) is 4.96. The standard InChI is InChI=1S/C15H26O2/c1-11-6-8-13(9-7-11)10-12(2)14(16)17-15(3,4)5/h6,8-9,11-12,14,16H,7,10H2,1-5H3/t11?,12-,14?/m1/s1. The SMILES string of the molecule is CC1C=CC(C[C@@H](C)C(O)OC(C)(C)C)=CC1. The molecular formula is C15H26O2. The van der Waals surface area contributed by atoms with Gasteiger partial charge in [-0.25, -0.2) is 0 Å². The molecule has 0 fully saturated rings. The number of aliphatic hydroxyl groups is 1. The normalized spacial score (nSPS) is 24.4. The average Bonchev–Trinajstić information content (AvgIpc) is 2.19. The molecule has 98 valence electrons. The van der Waals surface area contributed by atoms with E-state index < -0.39 is 6.29 Å². The summed E-state index contributed by atoms with van der Waals surface area (Å²) in [5.41, 5.74) is 1.02. The summed E-state index contributed by atoms with van der Waals surface area (Å²) in [6, 6.07) is 0. The van der Waals surface area contributed by atoms with Crippen molar-refractivity contribution in [1.82, 2.24) is 0 Å². The molecule has 0 aliphatic heterocycles. The topological polar surface area (TPSA) is 29.5 Å². The minimum Gasteiger partial charge on any atom is -0.368 e. The third-order valence-corrected chi connectivity index (χ3v) is 2.91. The molecule has 17 heavy (non-hydrogen) atoms. The molecule has 1 aliphatic rings. The van der Waals surface area contributed by atoms with Crippen LogP contribution in [0.5, 0.6) is 0 Å². The van der Waals surface area contributed by atoms with E-state index >= 15 is 0 Å². The minimum atomic E-state index is -0.691. The third kappa shape index (κ3) is 5.51. The molecule has 0 bridgehead atoms. The Morgan fingerprint density at radius 1 is 1.47 bits per heavy atom. The van der Waals surface area contributed by atoms with Gasteiger partial charge in [0.1, 0.15) is 0 Å². The molecule has 0 aromatic carbocycles. The van der Waals surface area contributed by atoms with Crippen LogP contribution in [0.25, 0.3) is 0 Å². The van der Waals surface area contributed by atoms with Crippen LogP contribution in [0.2, 0.25) is 0 Å². The van der Waals surface area contributed by atoms with Gasteiger partial charge < -0.3 is 9.84 Å². The lowest BCUT2D eigenvalue weighted by atomic mass is 9.92. The van der Waals surface area contributed by atoms with E-state index in [9.17, 15) is 5.11 Å². The molecule has 2 heteroatoms. The van der Waals surface area contributed by atoms with Gasteiger partial charge in [-0.15, -0.1) is 0 Å². The Bertz CT molecular complexity index is 297. The summed E-state index contributed by atoms with van der Waals surface area (Å²) in [5.74, 6) is 0.767. The Hall–Kier alpha value is -0.600. The highest BCUT2D eigenvalue weighted by atomic mass is 16.6. The van der Waals surface area contributed by atoms with E-state index in [1.165, 1.54) is 5.57 Å². The number of hydrogen-bond donors (Lipinski definition) is 1. The lowest BCUT2D eigenvalue weighted by Crippen LogP contribution is -2.31. The van der Waals surface area contributed by atoms with E-state index in [4.69, 9.17) is 4.74 Å². The molecule has 0 amide bonds. The fourth-order valence-electron chi connectivity index (χ4n) is 1.87. The number of ether oxygens (including phenoxy) is 1. The van der Waals surface area contributed by atoms with Crippen LogP contribution in [0.3, 0.4) is 0 Å². The maximum Gasteiger partial charge on any atom is 0.158 e. The molecule has 2 unspecified atom stereocenters. The monoisotopic (exact) mass is 238 g/mol. The summed E-state index contributed by atoms with van der Waals surface area (Å²) in [6.45, 7) is 10.1. The fraction of sp³-hybridized carbons (Fsp3) is 0.733. The Labute approximate surface area is 105 Å². The first kappa shape index (κ1) is 14.5. The molecule has 0 aromatic heterocycles. The lowest BCUT2D eigenvalue weighted by Gasteiger charge is -2.28. The second-order valence-electron chi connectivity index (χ2n) is 6.15. The highest BCUT2D eigenvalue weighted by molar-refractivity contribution is 5.23. The molecular weight excluding hydrogens is 212 g/mol. The molecule has 3 atom stereocenters. The molecule has 0 heterocycles. The molecule has 0 saturated carbocycles. The number of aliphatic hydroxyl groups excluding tert-OH is 1. The summed E-state index contributed by atoms with van der Waals surface area (Å²) < 4.78 is 5.57. The molecule has 1 N–H and O–H groups in total. The zero-order chi connectivity index (χ0) is 13.1. The number of allylic oxidation sites excluding steroid dienone is 4.